The molecular weight excluding hydrogens is 218 g/mol. The summed E-state index contributed by atoms with van der Waals surface area (Å²) in [4.78, 5) is 11.2. The fraction of sp³-hybridized carbons (Fsp3) is 0.923. The van der Waals surface area contributed by atoms with Crippen molar-refractivity contribution in [3.8, 4) is 0 Å². The number of carbonyl (C=O) groups is 1. The van der Waals surface area contributed by atoms with E-state index in [0.717, 1.165) is 39.0 Å². The van der Waals surface area contributed by atoms with Gasteiger partial charge in [-0.1, -0.05) is 27.2 Å². The zero-order valence-corrected chi connectivity index (χ0v) is 11.5. The zero-order valence-electron chi connectivity index (χ0n) is 11.5. The number of hydrogen-bond acceptors (Lipinski definition) is 4. The lowest BCUT2D eigenvalue weighted by Crippen LogP contribution is -2.26. The van der Waals surface area contributed by atoms with Crippen LogP contribution >= 0.6 is 0 Å². The van der Waals surface area contributed by atoms with Crippen LogP contribution in [0.3, 0.4) is 0 Å². The van der Waals surface area contributed by atoms with Crippen LogP contribution in [0, 0.1) is 5.92 Å². The minimum atomic E-state index is -0.165. The van der Waals surface area contributed by atoms with Crippen LogP contribution in [0.5, 0.6) is 0 Å². The molecule has 102 valence electrons. The first-order valence-electron chi connectivity index (χ1n) is 6.60. The van der Waals surface area contributed by atoms with E-state index in [1.54, 1.807) is 0 Å². The van der Waals surface area contributed by atoms with E-state index in [0.29, 0.717) is 19.1 Å². The lowest BCUT2D eigenvalue weighted by Gasteiger charge is -2.07. The van der Waals surface area contributed by atoms with Crippen LogP contribution in [0.15, 0.2) is 0 Å². The predicted octanol–water partition coefficient (Wildman–Crippen LogP) is 1.98. The average molecular weight is 245 g/mol. The van der Waals surface area contributed by atoms with Crippen molar-refractivity contribution in [2.24, 2.45) is 5.92 Å². The van der Waals surface area contributed by atoms with Gasteiger partial charge >= 0.3 is 5.97 Å². The maximum absolute atomic E-state index is 11.2. The van der Waals surface area contributed by atoms with Crippen LogP contribution in [0.2, 0.25) is 0 Å². The summed E-state index contributed by atoms with van der Waals surface area (Å²) in [6, 6.07) is 0. The Kier molecular flexibility index (Phi) is 11.4. The van der Waals surface area contributed by atoms with Gasteiger partial charge in [-0.2, -0.15) is 0 Å². The topological polar surface area (TPSA) is 47.6 Å². The van der Waals surface area contributed by atoms with Gasteiger partial charge in [-0.25, -0.2) is 0 Å². The minimum absolute atomic E-state index is 0.165. The highest BCUT2D eigenvalue weighted by Crippen LogP contribution is 1.93. The molecule has 0 aliphatic carbocycles. The molecule has 0 saturated heterocycles. The molecule has 0 amide bonds. The lowest BCUT2D eigenvalue weighted by molar-refractivity contribution is -0.142. The van der Waals surface area contributed by atoms with E-state index in [2.05, 4.69) is 26.1 Å². The smallest absolute Gasteiger partial charge is 0.319 e. The summed E-state index contributed by atoms with van der Waals surface area (Å²) < 4.78 is 10.4. The van der Waals surface area contributed by atoms with Crippen molar-refractivity contribution in [2.45, 2.75) is 40.0 Å². The highest BCUT2D eigenvalue weighted by molar-refractivity contribution is 5.71. The second-order valence-corrected chi connectivity index (χ2v) is 4.57. The Morgan fingerprint density at radius 1 is 1.24 bits per heavy atom. The highest BCUT2D eigenvalue weighted by Gasteiger charge is 2.00. The van der Waals surface area contributed by atoms with E-state index >= 15 is 0 Å². The molecule has 0 fully saturated rings. The van der Waals surface area contributed by atoms with Gasteiger partial charge in [-0.15, -0.1) is 0 Å². The Morgan fingerprint density at radius 3 is 2.65 bits per heavy atom. The quantitative estimate of drug-likeness (QED) is 0.447. The Labute approximate surface area is 105 Å². The first-order chi connectivity index (χ1) is 8.16. The van der Waals surface area contributed by atoms with Gasteiger partial charge in [-0.3, -0.25) is 4.79 Å². The summed E-state index contributed by atoms with van der Waals surface area (Å²) in [6.07, 6.45) is 2.91. The molecule has 4 heteroatoms. The maximum Gasteiger partial charge on any atom is 0.319 e. The molecule has 0 spiro atoms. The van der Waals surface area contributed by atoms with E-state index in [4.69, 9.17) is 9.47 Å². The zero-order chi connectivity index (χ0) is 12.9. The van der Waals surface area contributed by atoms with Crippen molar-refractivity contribution in [3.63, 3.8) is 0 Å². The third-order valence-electron chi connectivity index (χ3n) is 2.12. The fourth-order valence-electron chi connectivity index (χ4n) is 1.19. The summed E-state index contributed by atoms with van der Waals surface area (Å²) in [7, 11) is 0. The van der Waals surface area contributed by atoms with Crippen molar-refractivity contribution >= 4 is 5.97 Å². The fourth-order valence-corrected chi connectivity index (χ4v) is 1.19. The van der Waals surface area contributed by atoms with Crippen molar-refractivity contribution in [1.29, 1.82) is 0 Å². The Hall–Kier alpha value is -0.610. The normalized spacial score (nSPS) is 10.8. The predicted molar refractivity (Wildman–Crippen MR) is 69.0 cm³/mol. The third kappa shape index (κ3) is 13.3. The van der Waals surface area contributed by atoms with E-state index in [1.807, 2.05) is 0 Å². The molecular formula is C13H27NO3. The largest absolute Gasteiger partial charge is 0.465 e. The van der Waals surface area contributed by atoms with Gasteiger partial charge in [0.05, 0.1) is 13.2 Å². The molecule has 1 N–H and O–H groups in total. The third-order valence-corrected chi connectivity index (χ3v) is 2.12. The number of rotatable bonds is 11. The lowest BCUT2D eigenvalue weighted by atomic mass is 10.2. The molecule has 0 bridgehead atoms. The number of unbranched alkanes of at least 4 members (excludes halogenated alkanes) is 1. The van der Waals surface area contributed by atoms with Gasteiger partial charge in [0.2, 0.25) is 0 Å². The van der Waals surface area contributed by atoms with Crippen molar-refractivity contribution in [1.82, 2.24) is 5.32 Å². The van der Waals surface area contributed by atoms with Crippen LogP contribution < -0.4 is 5.32 Å². The minimum Gasteiger partial charge on any atom is -0.465 e. The second-order valence-electron chi connectivity index (χ2n) is 4.57. The Bertz CT molecular complexity index is 184. The van der Waals surface area contributed by atoms with Crippen LogP contribution in [0.1, 0.15) is 40.0 Å². The second kappa shape index (κ2) is 11.9. The van der Waals surface area contributed by atoms with Crippen LogP contribution in [-0.2, 0) is 14.3 Å². The van der Waals surface area contributed by atoms with Gasteiger partial charge < -0.3 is 14.8 Å². The van der Waals surface area contributed by atoms with Crippen LogP contribution in [-0.4, -0.2) is 38.9 Å². The van der Waals surface area contributed by atoms with Gasteiger partial charge in [0.1, 0.15) is 0 Å². The monoisotopic (exact) mass is 245 g/mol. The molecule has 0 aromatic rings. The van der Waals surface area contributed by atoms with Crippen molar-refractivity contribution < 1.29 is 14.3 Å². The molecule has 0 atom stereocenters. The summed E-state index contributed by atoms with van der Waals surface area (Å²) in [5.74, 6) is 0.415. The molecule has 0 saturated carbocycles. The van der Waals surface area contributed by atoms with Gasteiger partial charge in [0.15, 0.2) is 0 Å². The number of carbonyl (C=O) groups excluding carboxylic acids is 1. The SMILES string of the molecule is CCCCOC(=O)CNCCCOCC(C)C. The summed E-state index contributed by atoms with van der Waals surface area (Å²) >= 11 is 0. The molecule has 4 nitrogen and oxygen atoms in total. The van der Waals surface area contributed by atoms with Gasteiger partial charge in [0.25, 0.3) is 0 Å². The number of nitrogens with one attached hydrogen (secondary N) is 1. The molecule has 0 aliphatic heterocycles. The van der Waals surface area contributed by atoms with Crippen LogP contribution in [0.25, 0.3) is 0 Å². The average Bonchev–Trinajstić information content (AvgIpc) is 2.28. The number of esters is 1. The Morgan fingerprint density at radius 2 is 2.00 bits per heavy atom. The molecule has 0 aliphatic rings. The van der Waals surface area contributed by atoms with Crippen molar-refractivity contribution in [2.75, 3.05) is 32.9 Å². The molecule has 0 unspecified atom stereocenters. The van der Waals surface area contributed by atoms with Crippen LogP contribution in [0.4, 0.5) is 0 Å². The van der Waals surface area contributed by atoms with E-state index in [9.17, 15) is 4.79 Å². The molecule has 0 rings (SSSR count). The molecule has 0 aromatic carbocycles. The number of ether oxygens (including phenoxy) is 2. The number of hydrogen-bond donors (Lipinski definition) is 1. The summed E-state index contributed by atoms with van der Waals surface area (Å²) in [6.45, 7) is 9.51. The molecule has 0 radical (unpaired) electrons. The van der Waals surface area contributed by atoms with Crippen molar-refractivity contribution in [3.05, 3.63) is 0 Å². The molecule has 0 aromatic heterocycles. The van der Waals surface area contributed by atoms with Gasteiger partial charge in [0, 0.05) is 13.2 Å². The standard InChI is InChI=1S/C13H27NO3/c1-4-5-9-17-13(15)10-14-7-6-8-16-11-12(2)3/h12,14H,4-11H2,1-3H3. The van der Waals surface area contributed by atoms with E-state index in [1.165, 1.54) is 0 Å². The Balaban J connectivity index is 3.14. The first-order valence-corrected chi connectivity index (χ1v) is 6.60. The summed E-state index contributed by atoms with van der Waals surface area (Å²) in [5, 5.41) is 3.05. The summed E-state index contributed by atoms with van der Waals surface area (Å²) in [5.41, 5.74) is 0. The first kappa shape index (κ1) is 16.4. The van der Waals surface area contributed by atoms with Gasteiger partial charge in [-0.05, 0) is 25.3 Å². The van der Waals surface area contributed by atoms with E-state index < -0.39 is 0 Å². The maximum atomic E-state index is 11.2. The molecule has 0 heterocycles. The van der Waals surface area contributed by atoms with E-state index in [-0.39, 0.29) is 5.97 Å². The highest BCUT2D eigenvalue weighted by atomic mass is 16.5. The molecule has 17 heavy (non-hydrogen) atoms.